The zero-order valence-corrected chi connectivity index (χ0v) is 13.6. The van der Waals surface area contributed by atoms with Crippen LogP contribution in [0.25, 0.3) is 0 Å². The maximum absolute atomic E-state index is 12.6. The summed E-state index contributed by atoms with van der Waals surface area (Å²) in [6, 6.07) is 9.14. The van der Waals surface area contributed by atoms with Crippen molar-refractivity contribution in [1.29, 1.82) is 0 Å². The van der Waals surface area contributed by atoms with E-state index in [1.54, 1.807) is 0 Å². The predicted octanol–water partition coefficient (Wildman–Crippen LogP) is 2.69. The summed E-state index contributed by atoms with van der Waals surface area (Å²) in [6.45, 7) is 0. The van der Waals surface area contributed by atoms with Gasteiger partial charge in [0, 0.05) is 5.69 Å². The van der Waals surface area contributed by atoms with Crippen molar-refractivity contribution in [3.05, 3.63) is 54.1 Å². The molecule has 2 aromatic carbocycles. The summed E-state index contributed by atoms with van der Waals surface area (Å²) in [7, 11) is -5.56. The number of nitrogens with one attached hydrogen (secondary N) is 1. The second-order valence-electron chi connectivity index (χ2n) is 4.85. The number of carbonyl (C=O) groups is 2. The molecular formula is C15H11F3N2O5S. The lowest BCUT2D eigenvalue weighted by molar-refractivity contribution is -0.0436. The fourth-order valence-corrected chi connectivity index (χ4v) is 2.73. The average Bonchev–Trinajstić information content (AvgIpc) is 2.54. The molecule has 0 heterocycles. The molecule has 138 valence electrons. The number of nitrogens with two attached hydrogens (primary N) is 1. The molecule has 2 rings (SSSR count). The largest absolute Gasteiger partial charge is 0.501 e. The van der Waals surface area contributed by atoms with Gasteiger partial charge in [-0.05, 0) is 30.3 Å². The number of carbonyl (C=O) groups excluding carboxylic acids is 2. The van der Waals surface area contributed by atoms with Gasteiger partial charge in [0.1, 0.15) is 5.75 Å². The van der Waals surface area contributed by atoms with Gasteiger partial charge >= 0.3 is 11.6 Å². The summed E-state index contributed by atoms with van der Waals surface area (Å²) in [6.07, 6.45) is -1.16. The number of anilines is 1. The highest BCUT2D eigenvalue weighted by atomic mass is 32.2. The van der Waals surface area contributed by atoms with Crippen LogP contribution in [0, 0.1) is 0 Å². The van der Waals surface area contributed by atoms with Crippen molar-refractivity contribution in [2.24, 2.45) is 5.73 Å². The number of ether oxygens (including phenoxy) is 1. The summed E-state index contributed by atoms with van der Waals surface area (Å²) in [4.78, 5) is 22.1. The minimum atomic E-state index is -5.56. The number of halogens is 3. The third-order valence-electron chi connectivity index (χ3n) is 3.05. The number of amides is 2. The normalized spacial score (nSPS) is 11.7. The first-order chi connectivity index (χ1) is 12.0. The van der Waals surface area contributed by atoms with Crippen LogP contribution in [0.5, 0.6) is 5.75 Å². The topological polar surface area (TPSA) is 116 Å². The quantitative estimate of drug-likeness (QED) is 0.836. The summed E-state index contributed by atoms with van der Waals surface area (Å²) >= 11 is 0. The van der Waals surface area contributed by atoms with Crippen molar-refractivity contribution in [2.75, 3.05) is 5.32 Å². The number of para-hydroxylation sites is 1. The number of benzene rings is 2. The van der Waals surface area contributed by atoms with Crippen molar-refractivity contribution in [3.8, 4) is 5.75 Å². The van der Waals surface area contributed by atoms with Crippen molar-refractivity contribution >= 4 is 27.5 Å². The fourth-order valence-electron chi connectivity index (χ4n) is 1.92. The van der Waals surface area contributed by atoms with Crippen LogP contribution in [-0.4, -0.2) is 25.9 Å². The first-order valence-electron chi connectivity index (χ1n) is 6.81. The van der Waals surface area contributed by atoms with Gasteiger partial charge in [-0.15, -0.1) is 0 Å². The van der Waals surface area contributed by atoms with Gasteiger partial charge in [0.2, 0.25) is 0 Å². The first kappa shape index (κ1) is 19.2. The molecule has 26 heavy (non-hydrogen) atoms. The lowest BCUT2D eigenvalue weighted by Gasteiger charge is -2.11. The molecule has 0 aromatic heterocycles. The number of rotatable bonds is 4. The van der Waals surface area contributed by atoms with Gasteiger partial charge < -0.3 is 15.8 Å². The number of sulfone groups is 1. The lowest BCUT2D eigenvalue weighted by Crippen LogP contribution is -2.23. The zero-order valence-electron chi connectivity index (χ0n) is 12.8. The summed E-state index contributed by atoms with van der Waals surface area (Å²) < 4.78 is 65.4. The van der Waals surface area contributed by atoms with Gasteiger partial charge in [0.05, 0.1) is 10.5 Å². The Kier molecular flexibility index (Phi) is 5.21. The summed E-state index contributed by atoms with van der Waals surface area (Å²) in [5.41, 5.74) is -0.915. The maximum atomic E-state index is 12.6. The maximum Gasteiger partial charge on any atom is 0.501 e. The third-order valence-corrected chi connectivity index (χ3v) is 4.53. The Morgan fingerprint density at radius 1 is 1.04 bits per heavy atom. The molecule has 0 aliphatic heterocycles. The molecule has 0 aliphatic rings. The molecule has 0 fully saturated rings. The van der Waals surface area contributed by atoms with Crippen molar-refractivity contribution in [2.45, 2.75) is 10.4 Å². The minimum absolute atomic E-state index is 0.129. The van der Waals surface area contributed by atoms with E-state index in [2.05, 4.69) is 10.1 Å². The van der Waals surface area contributed by atoms with Crippen LogP contribution < -0.4 is 15.8 Å². The highest BCUT2D eigenvalue weighted by molar-refractivity contribution is 7.92. The Morgan fingerprint density at radius 3 is 2.31 bits per heavy atom. The van der Waals surface area contributed by atoms with Crippen LogP contribution in [0.15, 0.2) is 53.4 Å². The molecule has 0 atom stereocenters. The fraction of sp³-hybridized carbons (Fsp3) is 0.0667. The van der Waals surface area contributed by atoms with E-state index in [9.17, 15) is 31.2 Å². The molecule has 0 unspecified atom stereocenters. The molecule has 2 amide bonds. The van der Waals surface area contributed by atoms with Gasteiger partial charge in [0.15, 0.2) is 0 Å². The van der Waals surface area contributed by atoms with E-state index >= 15 is 0 Å². The molecule has 0 radical (unpaired) electrons. The minimum Gasteiger partial charge on any atom is -0.410 e. The molecule has 2 aromatic rings. The Bertz CT molecular complexity index is 958. The smallest absolute Gasteiger partial charge is 0.410 e. The predicted molar refractivity (Wildman–Crippen MR) is 84.3 cm³/mol. The lowest BCUT2D eigenvalue weighted by atomic mass is 10.2. The SMILES string of the molecule is NC(=O)Oc1ccccc1C(=O)Nc1cccc(S(=O)(=O)C(F)(F)F)c1. The molecule has 0 aliphatic carbocycles. The van der Waals surface area contributed by atoms with E-state index in [0.717, 1.165) is 12.1 Å². The Morgan fingerprint density at radius 2 is 1.69 bits per heavy atom. The van der Waals surface area contributed by atoms with Crippen molar-refractivity contribution < 1.29 is 35.9 Å². The standard InChI is InChI=1S/C15H11F3N2O5S/c16-15(17,18)26(23,24)10-5-3-4-9(8-10)20-13(21)11-6-1-2-7-12(11)25-14(19)22/h1-8H,(H2,19,22)(H,20,21). The Balaban J connectivity index is 2.32. The molecule has 11 heteroatoms. The van der Waals surface area contributed by atoms with Crippen LogP contribution in [0.3, 0.4) is 0 Å². The molecule has 0 bridgehead atoms. The van der Waals surface area contributed by atoms with Crippen molar-refractivity contribution in [3.63, 3.8) is 0 Å². The highest BCUT2D eigenvalue weighted by Crippen LogP contribution is 2.31. The van der Waals surface area contributed by atoms with Gasteiger partial charge in [-0.25, -0.2) is 13.2 Å². The number of hydrogen-bond acceptors (Lipinski definition) is 5. The second kappa shape index (κ2) is 7.04. The van der Waals surface area contributed by atoms with Gasteiger partial charge in [-0.2, -0.15) is 13.2 Å². The molecule has 0 saturated heterocycles. The molecule has 0 spiro atoms. The number of hydrogen-bond donors (Lipinski definition) is 2. The molecule has 7 nitrogen and oxygen atoms in total. The van der Waals surface area contributed by atoms with E-state index in [1.165, 1.54) is 30.3 Å². The van der Waals surface area contributed by atoms with Gasteiger partial charge in [-0.1, -0.05) is 18.2 Å². The van der Waals surface area contributed by atoms with Crippen LogP contribution in [0.2, 0.25) is 0 Å². The average molecular weight is 388 g/mol. The molecule has 0 saturated carbocycles. The van der Waals surface area contributed by atoms with E-state index in [-0.39, 0.29) is 17.0 Å². The van der Waals surface area contributed by atoms with Crippen LogP contribution in [-0.2, 0) is 9.84 Å². The van der Waals surface area contributed by atoms with E-state index in [0.29, 0.717) is 6.07 Å². The van der Waals surface area contributed by atoms with Crippen LogP contribution >= 0.6 is 0 Å². The number of alkyl halides is 3. The van der Waals surface area contributed by atoms with Gasteiger partial charge in [-0.3, -0.25) is 4.79 Å². The summed E-state index contributed by atoms with van der Waals surface area (Å²) in [5, 5.41) is 2.23. The monoisotopic (exact) mass is 388 g/mol. The second-order valence-corrected chi connectivity index (χ2v) is 6.79. The first-order valence-corrected chi connectivity index (χ1v) is 8.30. The summed E-state index contributed by atoms with van der Waals surface area (Å²) in [5.74, 6) is -1.01. The third kappa shape index (κ3) is 4.11. The number of primary amides is 1. The Labute approximate surface area is 145 Å². The molecular weight excluding hydrogens is 377 g/mol. The van der Waals surface area contributed by atoms with E-state index in [1.807, 2.05) is 0 Å². The van der Waals surface area contributed by atoms with Crippen molar-refractivity contribution in [1.82, 2.24) is 0 Å². The van der Waals surface area contributed by atoms with Gasteiger partial charge in [0.25, 0.3) is 15.7 Å². The highest BCUT2D eigenvalue weighted by Gasteiger charge is 2.46. The van der Waals surface area contributed by atoms with Crippen LogP contribution in [0.1, 0.15) is 10.4 Å². The van der Waals surface area contributed by atoms with Crippen LogP contribution in [0.4, 0.5) is 23.7 Å². The Hall–Kier alpha value is -3.08. The van der Waals surface area contributed by atoms with E-state index < -0.39 is 32.2 Å². The van der Waals surface area contributed by atoms with E-state index in [4.69, 9.17) is 5.73 Å². The zero-order chi connectivity index (χ0) is 19.5. The molecule has 3 N–H and O–H groups in total.